The SMILES string of the molecule is OC1(CNCc2nc3c(s2)CCC3)CCC1. The molecule has 1 aromatic rings. The molecule has 1 fully saturated rings. The number of aromatic nitrogens is 1. The van der Waals surface area contributed by atoms with Gasteiger partial charge in [-0.2, -0.15) is 0 Å². The summed E-state index contributed by atoms with van der Waals surface area (Å²) in [4.78, 5) is 6.11. The Morgan fingerprint density at radius 2 is 2.19 bits per heavy atom. The zero-order chi connectivity index (χ0) is 11.0. The number of hydrogen-bond donors (Lipinski definition) is 2. The van der Waals surface area contributed by atoms with Gasteiger partial charge in [-0.05, 0) is 38.5 Å². The lowest BCUT2D eigenvalue weighted by Gasteiger charge is -2.36. The first-order valence-corrected chi connectivity index (χ1v) is 6.97. The summed E-state index contributed by atoms with van der Waals surface area (Å²) in [5, 5.41) is 14.4. The standard InChI is InChI=1S/C12H18N2OS/c15-12(5-2-6-12)8-13-7-11-14-9-3-1-4-10(9)16-11/h13,15H,1-8H2. The Balaban J connectivity index is 1.51. The van der Waals surface area contributed by atoms with Crippen LogP contribution in [0.25, 0.3) is 0 Å². The molecule has 2 aliphatic rings. The van der Waals surface area contributed by atoms with Gasteiger partial charge in [0, 0.05) is 18.0 Å². The van der Waals surface area contributed by atoms with E-state index in [-0.39, 0.29) is 0 Å². The van der Waals surface area contributed by atoms with Crippen molar-refractivity contribution >= 4 is 11.3 Å². The van der Waals surface area contributed by atoms with Crippen molar-refractivity contribution in [1.82, 2.24) is 10.3 Å². The number of aryl methyl sites for hydroxylation is 2. The van der Waals surface area contributed by atoms with Crippen LogP contribution < -0.4 is 5.32 Å². The zero-order valence-electron chi connectivity index (χ0n) is 9.46. The van der Waals surface area contributed by atoms with E-state index in [4.69, 9.17) is 0 Å². The van der Waals surface area contributed by atoms with Gasteiger partial charge in [0.25, 0.3) is 0 Å². The van der Waals surface area contributed by atoms with E-state index in [1.807, 2.05) is 11.3 Å². The van der Waals surface area contributed by atoms with Crippen molar-refractivity contribution in [3.63, 3.8) is 0 Å². The quantitative estimate of drug-likeness (QED) is 0.838. The molecule has 0 bridgehead atoms. The molecule has 16 heavy (non-hydrogen) atoms. The van der Waals surface area contributed by atoms with E-state index in [1.165, 1.54) is 34.8 Å². The van der Waals surface area contributed by atoms with E-state index in [2.05, 4.69) is 10.3 Å². The van der Waals surface area contributed by atoms with Crippen LogP contribution in [0.1, 0.15) is 41.3 Å². The van der Waals surface area contributed by atoms with E-state index >= 15 is 0 Å². The molecule has 0 radical (unpaired) electrons. The second kappa shape index (κ2) is 4.09. The Morgan fingerprint density at radius 3 is 2.88 bits per heavy atom. The Morgan fingerprint density at radius 1 is 1.31 bits per heavy atom. The molecular weight excluding hydrogens is 220 g/mol. The number of thiazole rings is 1. The Bertz CT molecular complexity index is 363. The van der Waals surface area contributed by atoms with Crippen LogP contribution >= 0.6 is 11.3 Å². The Labute approximate surface area is 99.9 Å². The van der Waals surface area contributed by atoms with Gasteiger partial charge >= 0.3 is 0 Å². The van der Waals surface area contributed by atoms with Gasteiger partial charge in [-0.1, -0.05) is 0 Å². The molecule has 3 rings (SSSR count). The van der Waals surface area contributed by atoms with Crippen LogP contribution in [0, 0.1) is 0 Å². The summed E-state index contributed by atoms with van der Waals surface area (Å²) in [7, 11) is 0. The number of nitrogens with one attached hydrogen (secondary N) is 1. The third-order valence-corrected chi connectivity index (χ3v) is 4.81. The molecule has 1 heterocycles. The number of rotatable bonds is 4. The van der Waals surface area contributed by atoms with Crippen molar-refractivity contribution in [2.24, 2.45) is 0 Å². The number of aliphatic hydroxyl groups is 1. The molecule has 0 spiro atoms. The number of nitrogens with zero attached hydrogens (tertiary/aromatic N) is 1. The van der Waals surface area contributed by atoms with Crippen molar-refractivity contribution in [1.29, 1.82) is 0 Å². The Hall–Kier alpha value is -0.450. The van der Waals surface area contributed by atoms with Crippen molar-refractivity contribution < 1.29 is 5.11 Å². The van der Waals surface area contributed by atoms with Gasteiger partial charge in [0.1, 0.15) is 5.01 Å². The first-order valence-electron chi connectivity index (χ1n) is 6.16. The third-order valence-electron chi connectivity index (χ3n) is 3.65. The second-order valence-electron chi connectivity index (χ2n) is 5.01. The minimum Gasteiger partial charge on any atom is -0.389 e. The van der Waals surface area contributed by atoms with Crippen molar-refractivity contribution in [3.8, 4) is 0 Å². The molecule has 88 valence electrons. The van der Waals surface area contributed by atoms with Crippen LogP contribution in [0.15, 0.2) is 0 Å². The molecule has 2 aliphatic carbocycles. The smallest absolute Gasteiger partial charge is 0.107 e. The number of hydrogen-bond acceptors (Lipinski definition) is 4. The van der Waals surface area contributed by atoms with E-state index in [9.17, 15) is 5.11 Å². The molecule has 0 saturated heterocycles. The van der Waals surface area contributed by atoms with E-state index in [1.54, 1.807) is 0 Å². The molecular formula is C12H18N2OS. The van der Waals surface area contributed by atoms with Gasteiger partial charge in [0.05, 0.1) is 11.3 Å². The van der Waals surface area contributed by atoms with Crippen molar-refractivity contribution in [2.75, 3.05) is 6.54 Å². The first kappa shape index (κ1) is 10.7. The van der Waals surface area contributed by atoms with Gasteiger partial charge in [-0.15, -0.1) is 11.3 Å². The lowest BCUT2D eigenvalue weighted by Crippen LogP contribution is -2.45. The molecule has 3 nitrogen and oxygen atoms in total. The van der Waals surface area contributed by atoms with E-state index in [0.29, 0.717) is 0 Å². The van der Waals surface area contributed by atoms with Gasteiger partial charge in [0.2, 0.25) is 0 Å². The fourth-order valence-corrected chi connectivity index (χ4v) is 3.61. The van der Waals surface area contributed by atoms with Gasteiger partial charge in [-0.3, -0.25) is 0 Å². The summed E-state index contributed by atoms with van der Waals surface area (Å²) in [6.07, 6.45) is 6.74. The molecule has 4 heteroatoms. The fourth-order valence-electron chi connectivity index (χ4n) is 2.48. The monoisotopic (exact) mass is 238 g/mol. The predicted octanol–water partition coefficient (Wildman–Crippen LogP) is 1.64. The largest absolute Gasteiger partial charge is 0.389 e. The highest BCUT2D eigenvalue weighted by atomic mass is 32.1. The Kier molecular flexibility index (Phi) is 2.73. The van der Waals surface area contributed by atoms with Crippen LogP contribution in [0.3, 0.4) is 0 Å². The maximum atomic E-state index is 9.93. The lowest BCUT2D eigenvalue weighted by molar-refractivity contribution is -0.0314. The summed E-state index contributed by atoms with van der Waals surface area (Å²) in [6.45, 7) is 1.54. The van der Waals surface area contributed by atoms with Crippen LogP contribution in [-0.2, 0) is 19.4 Å². The topological polar surface area (TPSA) is 45.1 Å². The summed E-state index contributed by atoms with van der Waals surface area (Å²) in [5.41, 5.74) is 0.907. The predicted molar refractivity (Wildman–Crippen MR) is 64.6 cm³/mol. The number of fused-ring (bicyclic) bond motifs is 1. The molecule has 1 aromatic heterocycles. The highest BCUT2D eigenvalue weighted by Crippen LogP contribution is 2.31. The minimum absolute atomic E-state index is 0.417. The second-order valence-corrected chi connectivity index (χ2v) is 6.18. The summed E-state index contributed by atoms with van der Waals surface area (Å²) in [6, 6.07) is 0. The molecule has 1 saturated carbocycles. The average Bonchev–Trinajstić information content (AvgIpc) is 2.75. The van der Waals surface area contributed by atoms with Gasteiger partial charge in [-0.25, -0.2) is 4.98 Å². The fraction of sp³-hybridized carbons (Fsp3) is 0.750. The molecule has 0 unspecified atom stereocenters. The van der Waals surface area contributed by atoms with E-state index in [0.717, 1.165) is 32.4 Å². The third kappa shape index (κ3) is 2.01. The maximum Gasteiger partial charge on any atom is 0.107 e. The van der Waals surface area contributed by atoms with Crippen molar-refractivity contribution in [3.05, 3.63) is 15.6 Å². The summed E-state index contributed by atoms with van der Waals surface area (Å²) in [5.74, 6) is 0. The van der Waals surface area contributed by atoms with Gasteiger partial charge in [0.15, 0.2) is 0 Å². The highest BCUT2D eigenvalue weighted by Gasteiger charge is 2.33. The highest BCUT2D eigenvalue weighted by molar-refractivity contribution is 7.11. The van der Waals surface area contributed by atoms with E-state index < -0.39 is 5.60 Å². The molecule has 2 N–H and O–H groups in total. The minimum atomic E-state index is -0.417. The molecule has 0 aliphatic heterocycles. The normalized spacial score (nSPS) is 21.8. The van der Waals surface area contributed by atoms with Crippen LogP contribution in [0.5, 0.6) is 0 Å². The van der Waals surface area contributed by atoms with Crippen molar-refractivity contribution in [2.45, 2.75) is 50.7 Å². The maximum absolute atomic E-state index is 9.93. The summed E-state index contributed by atoms with van der Waals surface area (Å²) >= 11 is 1.84. The molecule has 0 amide bonds. The molecule has 0 atom stereocenters. The van der Waals surface area contributed by atoms with Crippen LogP contribution in [-0.4, -0.2) is 22.2 Å². The van der Waals surface area contributed by atoms with Gasteiger partial charge < -0.3 is 10.4 Å². The first-order chi connectivity index (χ1) is 7.75. The molecule has 0 aromatic carbocycles. The van der Waals surface area contributed by atoms with Crippen LogP contribution in [0.4, 0.5) is 0 Å². The lowest BCUT2D eigenvalue weighted by atomic mass is 9.80. The summed E-state index contributed by atoms with van der Waals surface area (Å²) < 4.78 is 0. The average molecular weight is 238 g/mol. The zero-order valence-corrected chi connectivity index (χ0v) is 10.3. The van der Waals surface area contributed by atoms with Crippen LogP contribution in [0.2, 0.25) is 0 Å².